The second kappa shape index (κ2) is 5.89. The highest BCUT2D eigenvalue weighted by Gasteiger charge is 2.41. The van der Waals surface area contributed by atoms with Crippen LogP contribution in [0.5, 0.6) is 0 Å². The fourth-order valence-electron chi connectivity index (χ4n) is 4.64. The van der Waals surface area contributed by atoms with Gasteiger partial charge >= 0.3 is 0 Å². The second-order valence-corrected chi connectivity index (χ2v) is 7.82. The number of piperidine rings is 1. The molecule has 2 aromatic rings. The molecule has 1 saturated heterocycles. The Hall–Kier alpha value is -1.86. The molecule has 1 nitrogen and oxygen atoms in total. The van der Waals surface area contributed by atoms with Gasteiger partial charge in [-0.3, -0.25) is 0 Å². The number of rotatable bonds is 1. The van der Waals surface area contributed by atoms with E-state index in [9.17, 15) is 0 Å². The Morgan fingerprint density at radius 3 is 2.46 bits per heavy atom. The molecule has 1 fully saturated rings. The lowest BCUT2D eigenvalue weighted by atomic mass is 9.73. The molecule has 1 unspecified atom stereocenters. The number of hydrogen-bond acceptors (Lipinski definition) is 1. The van der Waals surface area contributed by atoms with Crippen LogP contribution in [-0.4, -0.2) is 25.0 Å². The van der Waals surface area contributed by atoms with Crippen LogP contribution in [0.2, 0.25) is 0 Å². The van der Waals surface area contributed by atoms with Gasteiger partial charge in [-0.05, 0) is 55.5 Å². The van der Waals surface area contributed by atoms with Gasteiger partial charge in [0, 0.05) is 18.5 Å². The van der Waals surface area contributed by atoms with Gasteiger partial charge in [0.2, 0.25) is 0 Å². The summed E-state index contributed by atoms with van der Waals surface area (Å²) in [5, 5.41) is 0. The van der Waals surface area contributed by atoms with Gasteiger partial charge < -0.3 is 4.90 Å². The van der Waals surface area contributed by atoms with Crippen molar-refractivity contribution in [1.29, 1.82) is 0 Å². The van der Waals surface area contributed by atoms with Gasteiger partial charge in [0.25, 0.3) is 0 Å². The van der Waals surface area contributed by atoms with Gasteiger partial charge in [0.1, 0.15) is 0 Å². The van der Waals surface area contributed by atoms with E-state index in [1.807, 2.05) is 0 Å². The molecule has 1 heterocycles. The molecule has 0 N–H and O–H groups in total. The van der Waals surface area contributed by atoms with E-state index < -0.39 is 0 Å². The SMILES string of the molecule is Cc1cccc(C2(C)Cc3ccccc3C2=C2CCN(C)CC2)c1. The number of nitrogens with zero attached hydrogens (tertiary/aromatic N) is 1. The number of aryl methyl sites for hydroxylation is 1. The minimum Gasteiger partial charge on any atom is -0.306 e. The number of likely N-dealkylation sites (tertiary alicyclic amines) is 1. The van der Waals surface area contributed by atoms with Gasteiger partial charge in [-0.1, -0.05) is 66.6 Å². The third-order valence-electron chi connectivity index (χ3n) is 5.98. The summed E-state index contributed by atoms with van der Waals surface area (Å²) >= 11 is 0. The molecule has 124 valence electrons. The Bertz CT molecular complexity index is 791. The molecule has 2 aliphatic rings. The lowest BCUT2D eigenvalue weighted by molar-refractivity contribution is 0.312. The zero-order chi connectivity index (χ0) is 16.7. The maximum Gasteiger partial charge on any atom is 0.0220 e. The fraction of sp³-hybridized carbons (Fsp3) is 0.391. The highest BCUT2D eigenvalue weighted by Crippen LogP contribution is 2.51. The molecule has 0 bridgehead atoms. The Morgan fingerprint density at radius 1 is 0.958 bits per heavy atom. The van der Waals surface area contributed by atoms with E-state index in [1.165, 1.54) is 48.2 Å². The Labute approximate surface area is 146 Å². The summed E-state index contributed by atoms with van der Waals surface area (Å²) < 4.78 is 0. The topological polar surface area (TPSA) is 3.24 Å². The quantitative estimate of drug-likeness (QED) is 0.716. The summed E-state index contributed by atoms with van der Waals surface area (Å²) in [4.78, 5) is 2.45. The normalized spacial score (nSPS) is 24.3. The molecular weight excluding hydrogens is 290 g/mol. The van der Waals surface area contributed by atoms with Crippen molar-refractivity contribution < 1.29 is 0 Å². The lowest BCUT2D eigenvalue weighted by Gasteiger charge is -2.33. The van der Waals surface area contributed by atoms with Crippen LogP contribution in [0.25, 0.3) is 5.57 Å². The Kier molecular flexibility index (Phi) is 3.85. The molecule has 0 radical (unpaired) electrons. The van der Waals surface area contributed by atoms with E-state index >= 15 is 0 Å². The van der Waals surface area contributed by atoms with Crippen LogP contribution in [0.3, 0.4) is 0 Å². The first-order valence-electron chi connectivity index (χ1n) is 9.14. The molecule has 1 heteroatoms. The van der Waals surface area contributed by atoms with Gasteiger partial charge in [0.05, 0.1) is 0 Å². The molecule has 0 amide bonds. The Balaban J connectivity index is 1.89. The highest BCUT2D eigenvalue weighted by atomic mass is 15.1. The lowest BCUT2D eigenvalue weighted by Crippen LogP contribution is -2.29. The van der Waals surface area contributed by atoms with Crippen molar-refractivity contribution >= 4 is 5.57 Å². The largest absolute Gasteiger partial charge is 0.306 e. The van der Waals surface area contributed by atoms with Crippen LogP contribution in [-0.2, 0) is 11.8 Å². The number of benzene rings is 2. The van der Waals surface area contributed by atoms with E-state index in [2.05, 4.69) is 74.3 Å². The summed E-state index contributed by atoms with van der Waals surface area (Å²) in [5.74, 6) is 0. The van der Waals surface area contributed by atoms with Gasteiger partial charge in [-0.25, -0.2) is 0 Å². The summed E-state index contributed by atoms with van der Waals surface area (Å²) in [6, 6.07) is 18.2. The monoisotopic (exact) mass is 317 g/mol. The second-order valence-electron chi connectivity index (χ2n) is 7.82. The van der Waals surface area contributed by atoms with Crippen LogP contribution < -0.4 is 0 Å². The molecule has 24 heavy (non-hydrogen) atoms. The average Bonchev–Trinajstić information content (AvgIpc) is 2.89. The number of hydrogen-bond donors (Lipinski definition) is 0. The van der Waals surface area contributed by atoms with Crippen LogP contribution in [0, 0.1) is 6.92 Å². The zero-order valence-electron chi connectivity index (χ0n) is 15.1. The van der Waals surface area contributed by atoms with Crippen LogP contribution in [0.4, 0.5) is 0 Å². The van der Waals surface area contributed by atoms with Crippen molar-refractivity contribution in [1.82, 2.24) is 4.90 Å². The van der Waals surface area contributed by atoms with E-state index in [4.69, 9.17) is 0 Å². The van der Waals surface area contributed by atoms with Crippen molar-refractivity contribution in [3.8, 4) is 0 Å². The van der Waals surface area contributed by atoms with Gasteiger partial charge in [0.15, 0.2) is 0 Å². The van der Waals surface area contributed by atoms with Crippen LogP contribution >= 0.6 is 0 Å². The summed E-state index contributed by atoms with van der Waals surface area (Å²) in [6.45, 7) is 7.04. The first-order valence-corrected chi connectivity index (χ1v) is 9.14. The molecule has 1 aliphatic carbocycles. The summed E-state index contributed by atoms with van der Waals surface area (Å²) in [6.07, 6.45) is 3.55. The third-order valence-corrected chi connectivity index (χ3v) is 5.98. The van der Waals surface area contributed by atoms with Crippen molar-refractivity contribution in [2.45, 2.75) is 38.5 Å². The van der Waals surface area contributed by atoms with E-state index in [-0.39, 0.29) is 5.41 Å². The van der Waals surface area contributed by atoms with E-state index in [0.29, 0.717) is 0 Å². The number of allylic oxidation sites excluding steroid dienone is 1. The molecule has 1 atom stereocenters. The minimum atomic E-state index is 0.112. The molecule has 2 aromatic carbocycles. The van der Waals surface area contributed by atoms with Crippen LogP contribution in [0.15, 0.2) is 54.1 Å². The maximum atomic E-state index is 2.46. The third kappa shape index (κ3) is 2.52. The predicted octanol–water partition coefficient (Wildman–Crippen LogP) is 4.99. The Morgan fingerprint density at radius 2 is 1.71 bits per heavy atom. The molecule has 0 saturated carbocycles. The standard InChI is InChI=1S/C23H27N/c1-17-7-6-9-20(15-17)23(2)16-19-8-4-5-10-21(19)22(23)18-11-13-24(3)14-12-18/h4-10,15H,11-14,16H2,1-3H3. The first kappa shape index (κ1) is 15.7. The van der Waals surface area contributed by atoms with Crippen molar-refractivity contribution in [3.05, 3.63) is 76.4 Å². The predicted molar refractivity (Wildman–Crippen MR) is 102 cm³/mol. The molecule has 0 spiro atoms. The van der Waals surface area contributed by atoms with Crippen molar-refractivity contribution in [2.75, 3.05) is 20.1 Å². The smallest absolute Gasteiger partial charge is 0.0220 e. The number of fused-ring (bicyclic) bond motifs is 1. The maximum absolute atomic E-state index is 2.46. The molecule has 4 rings (SSSR count). The van der Waals surface area contributed by atoms with Crippen LogP contribution in [0.1, 0.15) is 42.0 Å². The minimum absolute atomic E-state index is 0.112. The highest BCUT2D eigenvalue weighted by molar-refractivity contribution is 5.84. The molecular formula is C23H27N. The molecule has 1 aliphatic heterocycles. The average molecular weight is 317 g/mol. The van der Waals surface area contributed by atoms with Gasteiger partial charge in [-0.15, -0.1) is 0 Å². The van der Waals surface area contributed by atoms with Crippen molar-refractivity contribution in [3.63, 3.8) is 0 Å². The van der Waals surface area contributed by atoms with Gasteiger partial charge in [-0.2, -0.15) is 0 Å². The summed E-state index contributed by atoms with van der Waals surface area (Å²) in [5.41, 5.74) is 9.27. The first-order chi connectivity index (χ1) is 11.6. The van der Waals surface area contributed by atoms with Crippen molar-refractivity contribution in [2.24, 2.45) is 0 Å². The zero-order valence-corrected chi connectivity index (χ0v) is 15.1. The van der Waals surface area contributed by atoms with E-state index in [0.717, 1.165) is 6.42 Å². The molecule has 0 aromatic heterocycles. The van der Waals surface area contributed by atoms with E-state index in [1.54, 1.807) is 11.1 Å². The summed E-state index contributed by atoms with van der Waals surface area (Å²) in [7, 11) is 2.24. The fourth-order valence-corrected chi connectivity index (χ4v) is 4.64.